The first-order valence-corrected chi connectivity index (χ1v) is 5.81. The Morgan fingerprint density at radius 1 is 1.47 bits per heavy atom. The van der Waals surface area contributed by atoms with Crippen molar-refractivity contribution in [1.82, 2.24) is 9.55 Å². The molecule has 2 aromatic rings. The van der Waals surface area contributed by atoms with E-state index in [0.29, 0.717) is 11.6 Å². The molecule has 2 rings (SSSR count). The minimum Gasteiger partial charge on any atom is -0.326 e. The maximum absolute atomic E-state index is 13.3. The van der Waals surface area contributed by atoms with Crippen LogP contribution in [0.4, 0.5) is 16.0 Å². The topological polar surface area (TPSA) is 29.9 Å². The quantitative estimate of drug-likeness (QED) is 0.898. The van der Waals surface area contributed by atoms with Gasteiger partial charge in [-0.1, -0.05) is 18.5 Å². The van der Waals surface area contributed by atoms with Gasteiger partial charge >= 0.3 is 0 Å². The molecule has 90 valence electrons. The summed E-state index contributed by atoms with van der Waals surface area (Å²) in [7, 11) is 0. The molecule has 0 saturated heterocycles. The number of anilines is 2. The third-order valence-corrected chi connectivity index (χ3v) is 2.66. The number of aromatic nitrogens is 2. The number of imidazole rings is 1. The van der Waals surface area contributed by atoms with Gasteiger partial charge in [-0.2, -0.15) is 0 Å². The highest BCUT2D eigenvalue weighted by atomic mass is 35.5. The zero-order chi connectivity index (χ0) is 12.3. The number of nitrogens with one attached hydrogen (secondary N) is 1. The van der Waals surface area contributed by atoms with Gasteiger partial charge in [-0.05, 0) is 24.6 Å². The zero-order valence-corrected chi connectivity index (χ0v) is 10.2. The van der Waals surface area contributed by atoms with Crippen LogP contribution in [0.15, 0.2) is 30.6 Å². The highest BCUT2D eigenvalue weighted by Gasteiger charge is 2.04. The molecule has 5 heteroatoms. The van der Waals surface area contributed by atoms with Gasteiger partial charge in [-0.15, -0.1) is 0 Å². The van der Waals surface area contributed by atoms with Crippen LogP contribution >= 0.6 is 11.6 Å². The molecule has 0 spiro atoms. The van der Waals surface area contributed by atoms with Gasteiger partial charge in [-0.3, -0.25) is 0 Å². The van der Waals surface area contributed by atoms with Crippen molar-refractivity contribution in [2.24, 2.45) is 0 Å². The number of aryl methyl sites for hydroxylation is 1. The van der Waals surface area contributed by atoms with E-state index in [1.807, 2.05) is 10.8 Å². The standard InChI is InChI=1S/C12H13ClFN3/c1-2-6-17-7-5-15-12(17)16-9-3-4-10(13)11(14)8-9/h3-5,7-8H,2,6H2,1H3,(H,15,16). The van der Waals surface area contributed by atoms with E-state index in [9.17, 15) is 4.39 Å². The van der Waals surface area contributed by atoms with E-state index in [-0.39, 0.29) is 5.02 Å². The lowest BCUT2D eigenvalue weighted by Crippen LogP contribution is -2.02. The van der Waals surface area contributed by atoms with Crippen LogP contribution < -0.4 is 5.32 Å². The van der Waals surface area contributed by atoms with Crippen LogP contribution in [-0.2, 0) is 6.54 Å². The summed E-state index contributed by atoms with van der Waals surface area (Å²) in [5, 5.41) is 3.18. The van der Waals surface area contributed by atoms with Gasteiger partial charge in [0.15, 0.2) is 0 Å². The molecule has 1 aromatic heterocycles. The average molecular weight is 254 g/mol. The Labute approximate surface area is 104 Å². The van der Waals surface area contributed by atoms with Crippen LogP contribution in [0, 0.1) is 5.82 Å². The lowest BCUT2D eigenvalue weighted by atomic mass is 10.3. The second-order valence-corrected chi connectivity index (χ2v) is 4.11. The highest BCUT2D eigenvalue weighted by Crippen LogP contribution is 2.21. The average Bonchev–Trinajstić information content (AvgIpc) is 2.72. The van der Waals surface area contributed by atoms with Crippen molar-refractivity contribution in [3.8, 4) is 0 Å². The molecule has 0 aliphatic heterocycles. The lowest BCUT2D eigenvalue weighted by molar-refractivity contribution is 0.628. The molecule has 1 N–H and O–H groups in total. The smallest absolute Gasteiger partial charge is 0.207 e. The van der Waals surface area contributed by atoms with E-state index in [0.717, 1.165) is 13.0 Å². The molecule has 0 fully saturated rings. The number of hydrogen-bond acceptors (Lipinski definition) is 2. The van der Waals surface area contributed by atoms with Crippen molar-refractivity contribution in [3.05, 3.63) is 41.4 Å². The molecule has 1 heterocycles. The summed E-state index contributed by atoms with van der Waals surface area (Å²) in [6, 6.07) is 4.59. The highest BCUT2D eigenvalue weighted by molar-refractivity contribution is 6.30. The third kappa shape index (κ3) is 2.77. The molecule has 0 aliphatic carbocycles. The lowest BCUT2D eigenvalue weighted by Gasteiger charge is -2.09. The van der Waals surface area contributed by atoms with Gasteiger partial charge in [-0.25, -0.2) is 9.37 Å². The normalized spacial score (nSPS) is 10.5. The minimum absolute atomic E-state index is 0.118. The zero-order valence-electron chi connectivity index (χ0n) is 9.45. The molecule has 0 unspecified atom stereocenters. The summed E-state index contributed by atoms with van der Waals surface area (Å²) in [5.41, 5.74) is 0.635. The number of hydrogen-bond donors (Lipinski definition) is 1. The summed E-state index contributed by atoms with van der Waals surface area (Å²) in [4.78, 5) is 4.18. The van der Waals surface area contributed by atoms with Crippen molar-refractivity contribution in [2.45, 2.75) is 19.9 Å². The first-order chi connectivity index (χ1) is 8.20. The van der Waals surface area contributed by atoms with Crippen LogP contribution in [0.5, 0.6) is 0 Å². The maximum Gasteiger partial charge on any atom is 0.207 e. The Morgan fingerprint density at radius 3 is 3.00 bits per heavy atom. The summed E-state index contributed by atoms with van der Waals surface area (Å²) < 4.78 is 15.2. The molecule has 0 bridgehead atoms. The van der Waals surface area contributed by atoms with Crippen molar-refractivity contribution in [2.75, 3.05) is 5.32 Å². The summed E-state index contributed by atoms with van der Waals surface area (Å²) in [6.07, 6.45) is 4.61. The molecule has 0 atom stereocenters. The van der Waals surface area contributed by atoms with Gasteiger partial charge in [0.2, 0.25) is 5.95 Å². The van der Waals surface area contributed by atoms with E-state index in [1.54, 1.807) is 12.3 Å². The van der Waals surface area contributed by atoms with Crippen molar-refractivity contribution < 1.29 is 4.39 Å². The number of rotatable bonds is 4. The Balaban J connectivity index is 2.19. The van der Waals surface area contributed by atoms with Gasteiger partial charge in [0.05, 0.1) is 5.02 Å². The fraction of sp³-hybridized carbons (Fsp3) is 0.250. The second kappa shape index (κ2) is 5.19. The number of nitrogens with zero attached hydrogens (tertiary/aromatic N) is 2. The first-order valence-electron chi connectivity index (χ1n) is 5.44. The Hall–Kier alpha value is -1.55. The van der Waals surface area contributed by atoms with Gasteiger partial charge in [0.25, 0.3) is 0 Å². The van der Waals surface area contributed by atoms with Crippen molar-refractivity contribution in [1.29, 1.82) is 0 Å². The first kappa shape index (κ1) is 11.9. The second-order valence-electron chi connectivity index (χ2n) is 3.70. The van der Waals surface area contributed by atoms with Crippen LogP contribution in [0.25, 0.3) is 0 Å². The van der Waals surface area contributed by atoms with Gasteiger partial charge in [0.1, 0.15) is 5.82 Å². The maximum atomic E-state index is 13.3. The monoisotopic (exact) mass is 253 g/mol. The van der Waals surface area contributed by atoms with Crippen LogP contribution in [-0.4, -0.2) is 9.55 Å². The van der Waals surface area contributed by atoms with E-state index < -0.39 is 5.82 Å². The number of benzene rings is 1. The van der Waals surface area contributed by atoms with Gasteiger partial charge in [0, 0.05) is 24.6 Å². The SMILES string of the molecule is CCCn1ccnc1Nc1ccc(Cl)c(F)c1. The molecule has 17 heavy (non-hydrogen) atoms. The largest absolute Gasteiger partial charge is 0.326 e. The molecule has 1 aromatic carbocycles. The van der Waals surface area contributed by atoms with E-state index >= 15 is 0 Å². The van der Waals surface area contributed by atoms with E-state index in [4.69, 9.17) is 11.6 Å². The van der Waals surface area contributed by atoms with Gasteiger partial charge < -0.3 is 9.88 Å². The molecular weight excluding hydrogens is 241 g/mol. The van der Waals surface area contributed by atoms with Crippen LogP contribution in [0.1, 0.15) is 13.3 Å². The Morgan fingerprint density at radius 2 is 2.29 bits per heavy atom. The van der Waals surface area contributed by atoms with Crippen LogP contribution in [0.2, 0.25) is 5.02 Å². The molecule has 0 aliphatic rings. The minimum atomic E-state index is -0.440. The van der Waals surface area contributed by atoms with Crippen molar-refractivity contribution >= 4 is 23.2 Å². The molecule has 0 saturated carbocycles. The van der Waals surface area contributed by atoms with E-state index in [2.05, 4.69) is 17.2 Å². The Kier molecular flexibility index (Phi) is 3.64. The van der Waals surface area contributed by atoms with Crippen molar-refractivity contribution in [3.63, 3.8) is 0 Å². The molecule has 0 radical (unpaired) electrons. The molecule has 0 amide bonds. The summed E-state index contributed by atoms with van der Waals surface area (Å²) in [5.74, 6) is 0.263. The number of halogens is 2. The van der Waals surface area contributed by atoms with Crippen LogP contribution in [0.3, 0.4) is 0 Å². The summed E-state index contributed by atoms with van der Waals surface area (Å²) >= 11 is 5.62. The molecular formula is C12H13ClFN3. The fourth-order valence-corrected chi connectivity index (χ4v) is 1.68. The fourth-order valence-electron chi connectivity index (χ4n) is 1.56. The predicted octanol–water partition coefficient (Wildman–Crippen LogP) is 3.83. The van der Waals surface area contributed by atoms with E-state index in [1.165, 1.54) is 12.1 Å². The third-order valence-electron chi connectivity index (χ3n) is 2.36. The summed E-state index contributed by atoms with van der Waals surface area (Å²) in [6.45, 7) is 2.96. The molecule has 3 nitrogen and oxygen atoms in total. The predicted molar refractivity (Wildman–Crippen MR) is 67.2 cm³/mol. The Bertz CT molecular complexity index is 510.